The number of hydrogen-bond donors (Lipinski definition) is 2. The van der Waals surface area contributed by atoms with Crippen LogP contribution in [0.25, 0.3) is 11.1 Å². The molecule has 2 unspecified atom stereocenters. The summed E-state index contributed by atoms with van der Waals surface area (Å²) in [6, 6.07) is 8.67. The number of aromatic nitrogens is 2. The van der Waals surface area contributed by atoms with Gasteiger partial charge in [-0.1, -0.05) is 32.0 Å². The van der Waals surface area contributed by atoms with Crippen molar-refractivity contribution in [1.82, 2.24) is 20.0 Å². The van der Waals surface area contributed by atoms with Gasteiger partial charge in [-0.15, -0.1) is 0 Å². The number of aliphatic carboxylic acids is 1. The lowest BCUT2D eigenvalue weighted by molar-refractivity contribution is -0.138. The van der Waals surface area contributed by atoms with Gasteiger partial charge in [0.05, 0.1) is 24.8 Å². The Morgan fingerprint density at radius 1 is 1.04 bits per heavy atom. The quantitative estimate of drug-likeness (QED) is 0.256. The molecule has 0 bridgehead atoms. The summed E-state index contributed by atoms with van der Waals surface area (Å²) in [5.74, 6) is -2.36. The average molecular weight is 623 g/mol. The third kappa shape index (κ3) is 8.03. The first-order chi connectivity index (χ1) is 21.3. The molecule has 2 atom stereocenters. The van der Waals surface area contributed by atoms with Crippen LogP contribution in [0, 0.1) is 45.3 Å². The Balaban J connectivity index is 1.69. The number of nitrogens with zero attached hydrogens (tertiary/aromatic N) is 3. The van der Waals surface area contributed by atoms with E-state index in [0.717, 1.165) is 22.3 Å². The van der Waals surface area contributed by atoms with Crippen LogP contribution < -0.4 is 10.9 Å². The molecule has 0 aliphatic carbocycles. The van der Waals surface area contributed by atoms with Gasteiger partial charge in [-0.3, -0.25) is 18.8 Å². The minimum atomic E-state index is -1.20. The van der Waals surface area contributed by atoms with E-state index in [4.69, 9.17) is 0 Å². The molecule has 8 nitrogen and oxygen atoms in total. The summed E-state index contributed by atoms with van der Waals surface area (Å²) < 4.78 is 29.8. The summed E-state index contributed by atoms with van der Waals surface area (Å²) in [6.45, 7) is 12.7. The van der Waals surface area contributed by atoms with Gasteiger partial charge in [0.25, 0.3) is 5.56 Å². The van der Waals surface area contributed by atoms with Crippen molar-refractivity contribution >= 4 is 11.9 Å². The summed E-state index contributed by atoms with van der Waals surface area (Å²) in [6.07, 6.45) is 0.229. The van der Waals surface area contributed by atoms with Crippen LogP contribution in [-0.4, -0.2) is 58.0 Å². The number of alkyl halides is 1. The minimum absolute atomic E-state index is 0.0126. The predicted octanol–water partition coefficient (Wildman–Crippen LogP) is 5.65. The molecule has 0 spiro atoms. The molecule has 1 aromatic heterocycles. The summed E-state index contributed by atoms with van der Waals surface area (Å²) in [5, 5.41) is 17.2. The molecule has 10 heteroatoms. The Morgan fingerprint density at radius 3 is 2.31 bits per heavy atom. The smallest absolute Gasteiger partial charge is 0.305 e. The van der Waals surface area contributed by atoms with Gasteiger partial charge in [0.15, 0.2) is 0 Å². The Kier molecular flexibility index (Phi) is 10.9. The second-order valence-corrected chi connectivity index (χ2v) is 12.9. The average Bonchev–Trinajstić information content (AvgIpc) is 2.93. The molecule has 1 aliphatic heterocycles. The number of rotatable bonds is 13. The topological polar surface area (TPSA) is 105 Å². The molecule has 1 aliphatic rings. The SMILES string of the molecule is Cc1cc(-c2c(C)cccc2C)cc(C(CC(=O)O)NC(=O)C(CC(C)C)n2nc(CCN3CC(CF)C3)cc(C)c2=O)c1F. The van der Waals surface area contributed by atoms with Crippen LogP contribution in [0.2, 0.25) is 0 Å². The lowest BCUT2D eigenvalue weighted by atomic mass is 9.90. The van der Waals surface area contributed by atoms with E-state index in [-0.39, 0.29) is 30.5 Å². The maximum absolute atomic E-state index is 15.7. The normalized spacial score (nSPS) is 15.1. The molecular formula is C35H44F2N4O4. The first kappa shape index (κ1) is 34.0. The summed E-state index contributed by atoms with van der Waals surface area (Å²) in [4.78, 5) is 41.5. The minimum Gasteiger partial charge on any atom is -0.481 e. The van der Waals surface area contributed by atoms with Gasteiger partial charge in [0.1, 0.15) is 11.9 Å². The molecule has 3 aromatic rings. The zero-order valence-corrected chi connectivity index (χ0v) is 27.0. The number of halogens is 2. The Labute approximate surface area is 263 Å². The first-order valence-electron chi connectivity index (χ1n) is 15.5. The van der Waals surface area contributed by atoms with Crippen molar-refractivity contribution in [3.05, 3.63) is 86.1 Å². The molecule has 2 aromatic carbocycles. The van der Waals surface area contributed by atoms with E-state index < -0.39 is 41.8 Å². The number of nitrogens with one attached hydrogen (secondary N) is 1. The highest BCUT2D eigenvalue weighted by molar-refractivity contribution is 5.82. The van der Waals surface area contributed by atoms with Gasteiger partial charge >= 0.3 is 5.97 Å². The summed E-state index contributed by atoms with van der Waals surface area (Å²) in [5.41, 5.74) is 4.65. The molecule has 2 N–H and O–H groups in total. The first-order valence-corrected chi connectivity index (χ1v) is 15.5. The third-order valence-corrected chi connectivity index (χ3v) is 8.52. The van der Waals surface area contributed by atoms with E-state index >= 15 is 4.39 Å². The number of aryl methyl sites for hydroxylation is 4. The fraction of sp³-hybridized carbons (Fsp3) is 0.486. The number of carboxylic acid groups (broad SMARTS) is 1. The van der Waals surface area contributed by atoms with Crippen molar-refractivity contribution in [3.8, 4) is 11.1 Å². The van der Waals surface area contributed by atoms with E-state index in [1.54, 1.807) is 32.0 Å². The highest BCUT2D eigenvalue weighted by atomic mass is 19.1. The van der Waals surface area contributed by atoms with Crippen LogP contribution in [0.3, 0.4) is 0 Å². The number of carboxylic acids is 1. The summed E-state index contributed by atoms with van der Waals surface area (Å²) in [7, 11) is 0. The fourth-order valence-corrected chi connectivity index (χ4v) is 6.18. The van der Waals surface area contributed by atoms with Crippen molar-refractivity contribution in [2.45, 2.75) is 72.9 Å². The van der Waals surface area contributed by atoms with E-state index in [1.807, 2.05) is 45.9 Å². The van der Waals surface area contributed by atoms with Crippen molar-refractivity contribution in [2.24, 2.45) is 11.8 Å². The van der Waals surface area contributed by atoms with Gasteiger partial charge in [-0.05, 0) is 86.1 Å². The standard InChI is InChI=1S/C35H44F2N4O4/c1-20(2)12-30(41-35(45)24(6)14-27(39-41)10-11-40-18-25(17-36)19-40)34(44)38-29(16-31(42)43)28-15-26(13-23(5)33(28)37)32-21(3)8-7-9-22(32)4/h7-9,13-15,20,25,29-30H,10-12,16-19H2,1-6H3,(H,38,44)(H,42,43). The van der Waals surface area contributed by atoms with Crippen LogP contribution in [0.15, 0.2) is 41.2 Å². The van der Waals surface area contributed by atoms with Crippen LogP contribution in [0.1, 0.15) is 72.3 Å². The van der Waals surface area contributed by atoms with Gasteiger partial charge in [0, 0.05) is 43.1 Å². The number of likely N-dealkylation sites (tertiary alicyclic amines) is 1. The van der Waals surface area contributed by atoms with Gasteiger partial charge < -0.3 is 15.3 Å². The summed E-state index contributed by atoms with van der Waals surface area (Å²) >= 11 is 0. The lowest BCUT2D eigenvalue weighted by Crippen LogP contribution is -2.48. The molecule has 1 fully saturated rings. The zero-order chi connectivity index (χ0) is 33.0. The molecule has 45 heavy (non-hydrogen) atoms. The van der Waals surface area contributed by atoms with Crippen LogP contribution in [0.5, 0.6) is 0 Å². The molecule has 1 amide bonds. The molecule has 2 heterocycles. The zero-order valence-electron chi connectivity index (χ0n) is 27.0. The van der Waals surface area contributed by atoms with Gasteiger partial charge in [0.2, 0.25) is 5.91 Å². The van der Waals surface area contributed by atoms with Crippen molar-refractivity contribution in [2.75, 3.05) is 26.3 Å². The Morgan fingerprint density at radius 2 is 1.71 bits per heavy atom. The second-order valence-electron chi connectivity index (χ2n) is 12.9. The van der Waals surface area contributed by atoms with E-state index in [0.29, 0.717) is 42.9 Å². The molecule has 4 rings (SSSR count). The van der Waals surface area contributed by atoms with E-state index in [2.05, 4.69) is 15.3 Å². The molecule has 242 valence electrons. The number of amides is 1. The third-order valence-electron chi connectivity index (χ3n) is 8.52. The van der Waals surface area contributed by atoms with Gasteiger partial charge in [-0.25, -0.2) is 9.07 Å². The van der Waals surface area contributed by atoms with Crippen LogP contribution in [0.4, 0.5) is 8.78 Å². The number of carbonyl (C=O) groups is 2. The highest BCUT2D eigenvalue weighted by Gasteiger charge is 2.31. The fourth-order valence-electron chi connectivity index (χ4n) is 6.18. The maximum atomic E-state index is 15.7. The highest BCUT2D eigenvalue weighted by Crippen LogP contribution is 2.33. The Hall–Kier alpha value is -3.92. The second kappa shape index (κ2) is 14.5. The molecule has 0 saturated carbocycles. The Bertz CT molecular complexity index is 1590. The van der Waals surface area contributed by atoms with Crippen molar-refractivity contribution in [3.63, 3.8) is 0 Å². The van der Waals surface area contributed by atoms with E-state index in [9.17, 15) is 23.9 Å². The monoisotopic (exact) mass is 622 g/mol. The number of benzene rings is 2. The molecule has 0 radical (unpaired) electrons. The molecule has 1 saturated heterocycles. The number of carbonyl (C=O) groups excluding carboxylic acids is 1. The predicted molar refractivity (Wildman–Crippen MR) is 171 cm³/mol. The maximum Gasteiger partial charge on any atom is 0.305 e. The van der Waals surface area contributed by atoms with Crippen molar-refractivity contribution in [1.29, 1.82) is 0 Å². The van der Waals surface area contributed by atoms with E-state index in [1.165, 1.54) is 4.68 Å². The van der Waals surface area contributed by atoms with Gasteiger partial charge in [-0.2, -0.15) is 5.10 Å². The largest absolute Gasteiger partial charge is 0.481 e. The van der Waals surface area contributed by atoms with Crippen molar-refractivity contribution < 1.29 is 23.5 Å². The van der Waals surface area contributed by atoms with Crippen LogP contribution >= 0.6 is 0 Å². The lowest BCUT2D eigenvalue weighted by Gasteiger charge is -2.37. The number of hydrogen-bond acceptors (Lipinski definition) is 5. The van der Waals surface area contributed by atoms with Crippen LogP contribution in [-0.2, 0) is 16.0 Å². The molecular weight excluding hydrogens is 578 g/mol.